The molecular formula is C20H22N2O2. The molecule has 1 N–H and O–H groups in total. The van der Waals surface area contributed by atoms with E-state index in [-0.39, 0.29) is 0 Å². The number of piperidine rings is 1. The molecule has 4 heteroatoms. The fourth-order valence-corrected chi connectivity index (χ4v) is 3.84. The Labute approximate surface area is 142 Å². The molecule has 1 saturated heterocycles. The van der Waals surface area contributed by atoms with E-state index in [1.165, 1.54) is 19.4 Å². The largest absolute Gasteiger partial charge is 0.493 e. The quantitative estimate of drug-likeness (QED) is 0.592. The highest BCUT2D eigenvalue weighted by atomic mass is 16.5. The molecule has 124 valence electrons. The van der Waals surface area contributed by atoms with Gasteiger partial charge in [0.15, 0.2) is 0 Å². The van der Waals surface area contributed by atoms with Gasteiger partial charge in [0.1, 0.15) is 11.5 Å². The van der Waals surface area contributed by atoms with Crippen LogP contribution >= 0.6 is 0 Å². The monoisotopic (exact) mass is 322 g/mol. The Bertz CT molecular complexity index is 785. The molecule has 1 unspecified atom stereocenters. The lowest BCUT2D eigenvalue weighted by molar-refractivity contribution is 0.150. The molecule has 0 spiro atoms. The Hall–Kier alpha value is -2.33. The van der Waals surface area contributed by atoms with Gasteiger partial charge in [-0.2, -0.15) is 0 Å². The van der Waals surface area contributed by atoms with Crippen molar-refractivity contribution >= 4 is 5.71 Å². The molecule has 0 amide bonds. The fourth-order valence-electron chi connectivity index (χ4n) is 3.84. The summed E-state index contributed by atoms with van der Waals surface area (Å²) in [5, 5.41) is 13.0. The number of hydrogen-bond acceptors (Lipinski definition) is 4. The van der Waals surface area contributed by atoms with Gasteiger partial charge in [-0.25, -0.2) is 0 Å². The van der Waals surface area contributed by atoms with Gasteiger partial charge >= 0.3 is 0 Å². The lowest BCUT2D eigenvalue weighted by atomic mass is 9.99. The predicted octanol–water partition coefficient (Wildman–Crippen LogP) is 3.61. The molecule has 4 rings (SSSR count). The van der Waals surface area contributed by atoms with Crippen LogP contribution in [0.3, 0.4) is 0 Å². The van der Waals surface area contributed by atoms with E-state index in [0.29, 0.717) is 11.6 Å². The first-order chi connectivity index (χ1) is 11.8. The van der Waals surface area contributed by atoms with Gasteiger partial charge in [0.2, 0.25) is 0 Å². The Balaban J connectivity index is 1.55. The minimum absolute atomic E-state index is 0.584. The summed E-state index contributed by atoms with van der Waals surface area (Å²) in [6, 6.07) is 14.1. The molecule has 1 atom stereocenters. The van der Waals surface area contributed by atoms with Crippen molar-refractivity contribution in [2.24, 2.45) is 11.1 Å². The molecular weight excluding hydrogens is 300 g/mol. The highest BCUT2D eigenvalue weighted by Crippen LogP contribution is 2.38. The zero-order valence-electron chi connectivity index (χ0n) is 13.9. The van der Waals surface area contributed by atoms with Gasteiger partial charge in [0, 0.05) is 23.6 Å². The number of benzene rings is 2. The van der Waals surface area contributed by atoms with Crippen LogP contribution in [0.15, 0.2) is 47.6 Å². The van der Waals surface area contributed by atoms with Gasteiger partial charge in [0.05, 0.1) is 6.61 Å². The molecule has 0 radical (unpaired) electrons. The van der Waals surface area contributed by atoms with Gasteiger partial charge in [-0.1, -0.05) is 29.4 Å². The van der Waals surface area contributed by atoms with Crippen LogP contribution in [0.25, 0.3) is 11.1 Å². The number of rotatable bonds is 3. The molecule has 0 saturated carbocycles. The molecule has 2 aliphatic rings. The van der Waals surface area contributed by atoms with Crippen molar-refractivity contribution in [1.29, 1.82) is 0 Å². The third-order valence-electron chi connectivity index (χ3n) is 5.03. The lowest BCUT2D eigenvalue weighted by Gasteiger charge is -2.29. The number of likely N-dealkylation sites (tertiary alicyclic amines) is 1. The first-order valence-electron chi connectivity index (χ1n) is 8.54. The zero-order chi connectivity index (χ0) is 16.5. The minimum atomic E-state index is 0.584. The SMILES string of the molecule is CN1CCCC(COc2ccc3c(c2)/C(=N\O)c2ccccc2-3)C1. The number of oxime groups is 1. The number of fused-ring (bicyclic) bond motifs is 3. The molecule has 1 aliphatic carbocycles. The van der Waals surface area contributed by atoms with Gasteiger partial charge in [-0.3, -0.25) is 0 Å². The van der Waals surface area contributed by atoms with Gasteiger partial charge in [-0.05, 0) is 55.8 Å². The minimum Gasteiger partial charge on any atom is -0.493 e. The van der Waals surface area contributed by atoms with Crippen molar-refractivity contribution in [3.63, 3.8) is 0 Å². The maximum Gasteiger partial charge on any atom is 0.120 e. The summed E-state index contributed by atoms with van der Waals surface area (Å²) >= 11 is 0. The van der Waals surface area contributed by atoms with Crippen LogP contribution in [0.1, 0.15) is 24.0 Å². The number of nitrogens with zero attached hydrogens (tertiary/aromatic N) is 2. The molecule has 2 aromatic carbocycles. The molecule has 1 fully saturated rings. The second-order valence-corrected chi connectivity index (χ2v) is 6.78. The smallest absolute Gasteiger partial charge is 0.120 e. The highest BCUT2D eigenvalue weighted by Gasteiger charge is 2.25. The third-order valence-corrected chi connectivity index (χ3v) is 5.03. The maximum atomic E-state index is 9.46. The molecule has 1 heterocycles. The maximum absolute atomic E-state index is 9.46. The number of hydrogen-bond donors (Lipinski definition) is 1. The summed E-state index contributed by atoms with van der Waals surface area (Å²) in [6.07, 6.45) is 2.47. The van der Waals surface area contributed by atoms with E-state index in [1.54, 1.807) is 0 Å². The fraction of sp³-hybridized carbons (Fsp3) is 0.350. The van der Waals surface area contributed by atoms with Crippen molar-refractivity contribution in [1.82, 2.24) is 4.90 Å². The summed E-state index contributed by atoms with van der Waals surface area (Å²) in [7, 11) is 2.17. The Morgan fingerprint density at radius 3 is 2.71 bits per heavy atom. The van der Waals surface area contributed by atoms with Gasteiger partial charge in [0.25, 0.3) is 0 Å². The third kappa shape index (κ3) is 2.67. The zero-order valence-corrected chi connectivity index (χ0v) is 13.9. The topological polar surface area (TPSA) is 45.1 Å². The average Bonchev–Trinajstić information content (AvgIpc) is 2.93. The van der Waals surface area contributed by atoms with Crippen LogP contribution in [0, 0.1) is 5.92 Å². The van der Waals surface area contributed by atoms with Crippen LogP contribution in [0.5, 0.6) is 5.75 Å². The van der Waals surface area contributed by atoms with E-state index in [2.05, 4.69) is 29.2 Å². The van der Waals surface area contributed by atoms with E-state index in [0.717, 1.165) is 41.2 Å². The van der Waals surface area contributed by atoms with Crippen LogP contribution in [0.2, 0.25) is 0 Å². The molecule has 4 nitrogen and oxygen atoms in total. The first kappa shape index (κ1) is 15.2. The summed E-state index contributed by atoms with van der Waals surface area (Å²) in [4.78, 5) is 2.37. The van der Waals surface area contributed by atoms with Crippen LogP contribution in [-0.4, -0.2) is 42.6 Å². The van der Waals surface area contributed by atoms with Crippen molar-refractivity contribution < 1.29 is 9.94 Å². The molecule has 0 bridgehead atoms. The standard InChI is InChI=1S/C20H22N2O2/c1-22-10-4-5-14(12-22)13-24-15-8-9-17-16-6-2-3-7-18(16)20(21-23)19(17)11-15/h2-3,6-9,11,14,23H,4-5,10,12-13H2,1H3/b21-20-. The van der Waals surface area contributed by atoms with Crippen LogP contribution < -0.4 is 4.74 Å². The van der Waals surface area contributed by atoms with Crippen molar-refractivity contribution in [2.45, 2.75) is 12.8 Å². The van der Waals surface area contributed by atoms with E-state index in [1.807, 2.05) is 30.3 Å². The summed E-state index contributed by atoms with van der Waals surface area (Å²) in [5.74, 6) is 1.43. The van der Waals surface area contributed by atoms with Crippen LogP contribution in [-0.2, 0) is 0 Å². The van der Waals surface area contributed by atoms with Crippen molar-refractivity contribution in [3.8, 4) is 16.9 Å². The Morgan fingerprint density at radius 1 is 1.12 bits per heavy atom. The summed E-state index contributed by atoms with van der Waals surface area (Å²) in [6.45, 7) is 3.02. The summed E-state index contributed by atoms with van der Waals surface area (Å²) in [5.41, 5.74) is 4.75. The Kier molecular flexibility index (Phi) is 3.98. The molecule has 2 aromatic rings. The normalized spacial score (nSPS) is 21.5. The van der Waals surface area contributed by atoms with E-state index in [9.17, 15) is 5.21 Å². The van der Waals surface area contributed by atoms with Gasteiger partial charge in [-0.15, -0.1) is 0 Å². The molecule has 1 aliphatic heterocycles. The predicted molar refractivity (Wildman–Crippen MR) is 95.0 cm³/mol. The second-order valence-electron chi connectivity index (χ2n) is 6.78. The first-order valence-corrected chi connectivity index (χ1v) is 8.54. The second kappa shape index (κ2) is 6.29. The van der Waals surface area contributed by atoms with E-state index in [4.69, 9.17) is 4.74 Å². The highest BCUT2D eigenvalue weighted by molar-refractivity contribution is 6.24. The average molecular weight is 322 g/mol. The van der Waals surface area contributed by atoms with Gasteiger partial charge < -0.3 is 14.8 Å². The van der Waals surface area contributed by atoms with E-state index < -0.39 is 0 Å². The molecule has 0 aromatic heterocycles. The van der Waals surface area contributed by atoms with Crippen molar-refractivity contribution in [2.75, 3.05) is 26.7 Å². The Morgan fingerprint density at radius 2 is 1.92 bits per heavy atom. The summed E-state index contributed by atoms with van der Waals surface area (Å²) < 4.78 is 6.05. The lowest BCUT2D eigenvalue weighted by Crippen LogP contribution is -2.34. The number of ether oxygens (including phenoxy) is 1. The van der Waals surface area contributed by atoms with Crippen molar-refractivity contribution in [3.05, 3.63) is 53.6 Å². The van der Waals surface area contributed by atoms with E-state index >= 15 is 0 Å². The molecule has 24 heavy (non-hydrogen) atoms. The van der Waals surface area contributed by atoms with Crippen LogP contribution in [0.4, 0.5) is 0 Å².